The van der Waals surface area contributed by atoms with Gasteiger partial charge in [-0.25, -0.2) is 0 Å². The highest BCUT2D eigenvalue weighted by atomic mass is 32.2. The van der Waals surface area contributed by atoms with Crippen molar-refractivity contribution in [2.24, 2.45) is 16.2 Å². The lowest BCUT2D eigenvalue weighted by Crippen LogP contribution is -2.47. The van der Waals surface area contributed by atoms with Crippen molar-refractivity contribution in [2.45, 2.75) is 91.9 Å². The van der Waals surface area contributed by atoms with Crippen LogP contribution in [0, 0.1) is 16.2 Å². The van der Waals surface area contributed by atoms with E-state index in [9.17, 15) is 0 Å². The Morgan fingerprint density at radius 1 is 1.00 bits per heavy atom. The Kier molecular flexibility index (Phi) is 6.91. The number of hydrogen-bond acceptors (Lipinski definition) is 2. The normalized spacial score (nSPS) is 37.0. The molecule has 0 bridgehead atoms. The lowest BCUT2D eigenvalue weighted by molar-refractivity contribution is 0.0540. The second-order valence-corrected chi connectivity index (χ2v) is 10.7. The Balaban J connectivity index is 3.18. The fourth-order valence-corrected chi connectivity index (χ4v) is 6.31. The summed E-state index contributed by atoms with van der Waals surface area (Å²) in [4.78, 5) is 2.65. The van der Waals surface area contributed by atoms with E-state index in [0.717, 1.165) is 11.3 Å². The SMILES string of the molecule is CCC1CC(C)(C)CC(SC)C(C)(CC)CC(C)(C)CN1C. The molecule has 22 heavy (non-hydrogen) atoms. The molecule has 1 aliphatic heterocycles. The van der Waals surface area contributed by atoms with E-state index in [4.69, 9.17) is 0 Å². The zero-order valence-corrected chi connectivity index (χ0v) is 17.6. The number of nitrogens with zero attached hydrogens (tertiary/aromatic N) is 1. The summed E-state index contributed by atoms with van der Waals surface area (Å²) in [6, 6.07) is 0.725. The van der Waals surface area contributed by atoms with Gasteiger partial charge < -0.3 is 4.90 Å². The van der Waals surface area contributed by atoms with Crippen LogP contribution >= 0.6 is 11.8 Å². The Morgan fingerprint density at radius 3 is 2.05 bits per heavy atom. The third-order valence-electron chi connectivity index (χ3n) is 6.05. The summed E-state index contributed by atoms with van der Waals surface area (Å²) in [7, 11) is 2.35. The van der Waals surface area contributed by atoms with Gasteiger partial charge in [-0.2, -0.15) is 11.8 Å². The van der Waals surface area contributed by atoms with Gasteiger partial charge in [-0.15, -0.1) is 0 Å². The lowest BCUT2D eigenvalue weighted by Gasteiger charge is -2.49. The van der Waals surface area contributed by atoms with Crippen LogP contribution in [0.4, 0.5) is 0 Å². The first kappa shape index (κ1) is 20.4. The van der Waals surface area contributed by atoms with Gasteiger partial charge in [0.25, 0.3) is 0 Å². The topological polar surface area (TPSA) is 3.24 Å². The third kappa shape index (κ3) is 5.16. The first-order valence-corrected chi connectivity index (χ1v) is 10.5. The summed E-state index contributed by atoms with van der Waals surface area (Å²) in [6.07, 6.45) is 8.89. The van der Waals surface area contributed by atoms with E-state index in [1.54, 1.807) is 0 Å². The minimum absolute atomic E-state index is 0.391. The minimum Gasteiger partial charge on any atom is -0.303 e. The Morgan fingerprint density at radius 2 is 1.59 bits per heavy atom. The largest absolute Gasteiger partial charge is 0.303 e. The van der Waals surface area contributed by atoms with Gasteiger partial charge in [0.15, 0.2) is 0 Å². The number of rotatable bonds is 3. The van der Waals surface area contributed by atoms with Gasteiger partial charge in [0.2, 0.25) is 0 Å². The van der Waals surface area contributed by atoms with Crippen molar-refractivity contribution >= 4 is 11.8 Å². The molecule has 1 aliphatic rings. The van der Waals surface area contributed by atoms with Gasteiger partial charge in [0.1, 0.15) is 0 Å². The van der Waals surface area contributed by atoms with Gasteiger partial charge in [-0.05, 0) is 61.7 Å². The van der Waals surface area contributed by atoms with Crippen molar-refractivity contribution in [3.8, 4) is 0 Å². The molecule has 0 N–H and O–H groups in total. The predicted octanol–water partition coefficient (Wildman–Crippen LogP) is 6.08. The molecule has 0 spiro atoms. The molecule has 1 saturated heterocycles. The smallest absolute Gasteiger partial charge is 0.0103 e. The summed E-state index contributed by atoms with van der Waals surface area (Å²) >= 11 is 2.11. The molecule has 0 aliphatic carbocycles. The Hall–Kier alpha value is 0.310. The van der Waals surface area contributed by atoms with E-state index in [2.05, 4.69) is 78.4 Å². The van der Waals surface area contributed by atoms with Crippen molar-refractivity contribution in [2.75, 3.05) is 19.8 Å². The molecule has 0 amide bonds. The standard InChI is InChI=1S/C20H41NS/c1-10-16-12-18(3,4)13-17(22-9)20(7,11-2)14-19(5,6)15-21(16)8/h16-17H,10-15H2,1-9H3. The van der Waals surface area contributed by atoms with Crippen LogP contribution in [0.25, 0.3) is 0 Å². The van der Waals surface area contributed by atoms with Crippen LogP contribution in [0.1, 0.15) is 80.6 Å². The van der Waals surface area contributed by atoms with Crippen LogP contribution < -0.4 is 0 Å². The monoisotopic (exact) mass is 327 g/mol. The Bertz CT molecular complexity index is 350. The maximum absolute atomic E-state index is 2.65. The predicted molar refractivity (Wildman–Crippen MR) is 104 cm³/mol. The van der Waals surface area contributed by atoms with E-state index in [1.807, 2.05) is 0 Å². The summed E-state index contributed by atoms with van der Waals surface area (Å²) in [6.45, 7) is 18.5. The van der Waals surface area contributed by atoms with Crippen molar-refractivity contribution in [1.29, 1.82) is 0 Å². The maximum Gasteiger partial charge on any atom is 0.0103 e. The molecule has 1 nitrogen and oxygen atoms in total. The average Bonchev–Trinajstić information content (AvgIpc) is 2.39. The first-order chi connectivity index (χ1) is 9.98. The zero-order chi connectivity index (χ0) is 17.2. The molecule has 0 aromatic heterocycles. The van der Waals surface area contributed by atoms with Crippen molar-refractivity contribution < 1.29 is 0 Å². The zero-order valence-electron chi connectivity index (χ0n) is 16.8. The van der Waals surface area contributed by atoms with Crippen molar-refractivity contribution in [1.82, 2.24) is 4.90 Å². The second-order valence-electron chi connectivity index (χ2n) is 9.62. The summed E-state index contributed by atoms with van der Waals surface area (Å²) in [5, 5.41) is 0.771. The molecule has 0 aromatic carbocycles. The van der Waals surface area contributed by atoms with Crippen LogP contribution in [0.2, 0.25) is 0 Å². The molecule has 1 heterocycles. The van der Waals surface area contributed by atoms with E-state index in [1.165, 1.54) is 38.6 Å². The molecular weight excluding hydrogens is 286 g/mol. The number of thioether (sulfide) groups is 1. The van der Waals surface area contributed by atoms with Gasteiger partial charge in [-0.3, -0.25) is 0 Å². The molecule has 3 atom stereocenters. The van der Waals surface area contributed by atoms with Crippen molar-refractivity contribution in [3.05, 3.63) is 0 Å². The summed E-state index contributed by atoms with van der Waals surface area (Å²) in [5.74, 6) is 0. The molecule has 1 rings (SSSR count). The molecule has 132 valence electrons. The third-order valence-corrected chi connectivity index (χ3v) is 7.35. The average molecular weight is 328 g/mol. The quantitative estimate of drug-likeness (QED) is 0.618. The van der Waals surface area contributed by atoms with Crippen LogP contribution in [0.5, 0.6) is 0 Å². The van der Waals surface area contributed by atoms with E-state index in [-0.39, 0.29) is 0 Å². The maximum atomic E-state index is 2.65. The van der Waals surface area contributed by atoms with Gasteiger partial charge >= 0.3 is 0 Å². The fraction of sp³-hybridized carbons (Fsp3) is 1.00. The molecular formula is C20H41NS. The van der Waals surface area contributed by atoms with Gasteiger partial charge in [-0.1, -0.05) is 48.5 Å². The van der Waals surface area contributed by atoms with Crippen LogP contribution in [0.15, 0.2) is 0 Å². The van der Waals surface area contributed by atoms with E-state index >= 15 is 0 Å². The highest BCUT2D eigenvalue weighted by Gasteiger charge is 2.42. The summed E-state index contributed by atoms with van der Waals surface area (Å²) < 4.78 is 0. The van der Waals surface area contributed by atoms with Gasteiger partial charge in [0, 0.05) is 17.8 Å². The van der Waals surface area contributed by atoms with Crippen LogP contribution in [0.3, 0.4) is 0 Å². The molecule has 3 unspecified atom stereocenters. The minimum atomic E-state index is 0.391. The lowest BCUT2D eigenvalue weighted by atomic mass is 9.65. The van der Waals surface area contributed by atoms with Crippen LogP contribution in [-0.2, 0) is 0 Å². The first-order valence-electron chi connectivity index (χ1n) is 9.21. The van der Waals surface area contributed by atoms with Crippen molar-refractivity contribution in [3.63, 3.8) is 0 Å². The molecule has 0 aromatic rings. The molecule has 1 fully saturated rings. The van der Waals surface area contributed by atoms with E-state index < -0.39 is 0 Å². The van der Waals surface area contributed by atoms with Crippen LogP contribution in [-0.4, -0.2) is 36.0 Å². The second kappa shape index (κ2) is 7.47. The molecule has 2 heteroatoms. The fourth-order valence-electron chi connectivity index (χ4n) is 4.87. The van der Waals surface area contributed by atoms with Gasteiger partial charge in [0.05, 0.1) is 0 Å². The molecule has 0 saturated carbocycles. The Labute approximate surface area is 145 Å². The molecule has 0 radical (unpaired) electrons. The number of hydrogen-bond donors (Lipinski definition) is 0. The summed E-state index contributed by atoms with van der Waals surface area (Å²) in [5.41, 5.74) is 1.27. The highest BCUT2D eigenvalue weighted by Crippen LogP contribution is 2.49. The van der Waals surface area contributed by atoms with E-state index in [0.29, 0.717) is 16.2 Å². The highest BCUT2D eigenvalue weighted by molar-refractivity contribution is 7.99.